The van der Waals surface area contributed by atoms with Crippen LogP contribution in [0.5, 0.6) is 5.75 Å². The minimum absolute atomic E-state index is 0.0837. The molecule has 0 fully saturated rings. The van der Waals surface area contributed by atoms with Crippen LogP contribution in [-0.2, 0) is 5.54 Å². The van der Waals surface area contributed by atoms with Crippen molar-refractivity contribution in [2.75, 3.05) is 12.4 Å². The van der Waals surface area contributed by atoms with E-state index >= 15 is 0 Å². The van der Waals surface area contributed by atoms with Gasteiger partial charge in [-0.3, -0.25) is 9.48 Å². The van der Waals surface area contributed by atoms with E-state index in [1.165, 1.54) is 31.5 Å². The highest BCUT2D eigenvalue weighted by Gasteiger charge is 2.18. The summed E-state index contributed by atoms with van der Waals surface area (Å²) < 4.78 is 6.83. The number of anilines is 1. The monoisotopic (exact) mass is 317 g/mol. The minimum atomic E-state index is -1.06. The van der Waals surface area contributed by atoms with Gasteiger partial charge in [0, 0.05) is 6.20 Å². The van der Waals surface area contributed by atoms with E-state index in [0.717, 1.165) is 0 Å². The fraction of sp³-hybridized carbons (Fsp3) is 0.312. The maximum Gasteiger partial charge on any atom is 0.335 e. The Kier molecular flexibility index (Phi) is 4.40. The number of ether oxygens (including phenoxy) is 1. The number of methoxy groups -OCH3 is 1. The lowest BCUT2D eigenvalue weighted by molar-refractivity contribution is 0.0696. The first-order valence-corrected chi connectivity index (χ1v) is 7.00. The summed E-state index contributed by atoms with van der Waals surface area (Å²) in [6, 6.07) is 4.25. The second-order valence-electron chi connectivity index (χ2n) is 6.02. The highest BCUT2D eigenvalue weighted by Crippen LogP contribution is 2.26. The number of nitrogens with zero attached hydrogens (tertiary/aromatic N) is 2. The molecule has 0 aliphatic rings. The fourth-order valence-corrected chi connectivity index (χ4v) is 1.93. The lowest BCUT2D eigenvalue weighted by atomic mass is 10.1. The predicted molar refractivity (Wildman–Crippen MR) is 85.1 cm³/mol. The van der Waals surface area contributed by atoms with Crippen molar-refractivity contribution in [2.24, 2.45) is 0 Å². The number of carboxylic acids is 1. The van der Waals surface area contributed by atoms with E-state index in [2.05, 4.69) is 10.4 Å². The summed E-state index contributed by atoms with van der Waals surface area (Å²) in [5.74, 6) is -1.13. The second kappa shape index (κ2) is 6.12. The minimum Gasteiger partial charge on any atom is -0.495 e. The number of amides is 1. The van der Waals surface area contributed by atoms with Crippen LogP contribution in [0.25, 0.3) is 0 Å². The van der Waals surface area contributed by atoms with E-state index in [9.17, 15) is 9.59 Å². The maximum absolute atomic E-state index is 12.3. The quantitative estimate of drug-likeness (QED) is 0.904. The zero-order chi connectivity index (χ0) is 17.2. The highest BCUT2D eigenvalue weighted by molar-refractivity contribution is 6.05. The van der Waals surface area contributed by atoms with Crippen LogP contribution in [-0.4, -0.2) is 33.9 Å². The summed E-state index contributed by atoms with van der Waals surface area (Å²) in [6.07, 6.45) is 3.14. The molecule has 1 aromatic carbocycles. The molecule has 0 aliphatic carbocycles. The first-order valence-electron chi connectivity index (χ1n) is 7.00. The topological polar surface area (TPSA) is 93.4 Å². The summed E-state index contributed by atoms with van der Waals surface area (Å²) in [5, 5.41) is 15.9. The molecule has 0 spiro atoms. The Morgan fingerprint density at radius 1 is 1.26 bits per heavy atom. The van der Waals surface area contributed by atoms with Crippen molar-refractivity contribution in [2.45, 2.75) is 26.3 Å². The van der Waals surface area contributed by atoms with Crippen LogP contribution in [0.2, 0.25) is 0 Å². The van der Waals surface area contributed by atoms with Gasteiger partial charge < -0.3 is 15.2 Å². The van der Waals surface area contributed by atoms with Crippen LogP contribution in [0, 0.1) is 0 Å². The molecule has 0 radical (unpaired) electrons. The summed E-state index contributed by atoms with van der Waals surface area (Å²) >= 11 is 0. The molecule has 1 heterocycles. The molecule has 0 atom stereocenters. The molecule has 0 unspecified atom stereocenters. The Bertz CT molecular complexity index is 744. The van der Waals surface area contributed by atoms with Crippen LogP contribution >= 0.6 is 0 Å². The number of aromatic carboxylic acids is 1. The van der Waals surface area contributed by atoms with Crippen molar-refractivity contribution in [3.05, 3.63) is 41.7 Å². The lowest BCUT2D eigenvalue weighted by Gasteiger charge is -2.18. The van der Waals surface area contributed by atoms with Crippen molar-refractivity contribution in [3.8, 4) is 5.75 Å². The van der Waals surface area contributed by atoms with Crippen LogP contribution in [0.3, 0.4) is 0 Å². The Labute approximate surface area is 133 Å². The van der Waals surface area contributed by atoms with Crippen molar-refractivity contribution in [1.29, 1.82) is 0 Å². The lowest BCUT2D eigenvalue weighted by Crippen LogP contribution is -2.22. The molecule has 122 valence electrons. The number of hydrogen-bond acceptors (Lipinski definition) is 4. The maximum atomic E-state index is 12.3. The van der Waals surface area contributed by atoms with Gasteiger partial charge >= 0.3 is 5.97 Å². The van der Waals surface area contributed by atoms with Crippen molar-refractivity contribution >= 4 is 17.6 Å². The van der Waals surface area contributed by atoms with Gasteiger partial charge in [0.2, 0.25) is 0 Å². The third-order valence-corrected chi connectivity index (χ3v) is 3.23. The average Bonchev–Trinajstić information content (AvgIpc) is 2.97. The number of nitrogens with one attached hydrogen (secondary N) is 1. The van der Waals surface area contributed by atoms with E-state index in [4.69, 9.17) is 9.84 Å². The number of hydrogen-bond donors (Lipinski definition) is 2. The van der Waals surface area contributed by atoms with Gasteiger partial charge in [-0.25, -0.2) is 4.79 Å². The molecular formula is C16H19N3O4. The van der Waals surface area contributed by atoms with Gasteiger partial charge in [0.15, 0.2) is 0 Å². The molecule has 2 N–H and O–H groups in total. The number of carboxylic acid groups (broad SMARTS) is 1. The highest BCUT2D eigenvalue weighted by atomic mass is 16.5. The summed E-state index contributed by atoms with van der Waals surface area (Å²) in [7, 11) is 1.41. The Hall–Kier alpha value is -2.83. The fourth-order valence-electron chi connectivity index (χ4n) is 1.93. The molecular weight excluding hydrogens is 298 g/mol. The van der Waals surface area contributed by atoms with Crippen LogP contribution in [0.15, 0.2) is 30.6 Å². The number of benzene rings is 1. The van der Waals surface area contributed by atoms with Gasteiger partial charge in [0.25, 0.3) is 5.91 Å². The molecule has 0 saturated carbocycles. The van der Waals surface area contributed by atoms with Crippen molar-refractivity contribution < 1.29 is 19.4 Å². The molecule has 7 nitrogen and oxygen atoms in total. The standard InChI is InChI=1S/C16H19N3O4/c1-16(2,3)19-9-11(8-17-19)14(20)18-12-6-5-10(15(21)22)7-13(12)23-4/h5-9H,1-4H3,(H,18,20)(H,21,22). The van der Waals surface area contributed by atoms with Gasteiger partial charge in [-0.05, 0) is 39.0 Å². The molecule has 2 rings (SSSR count). The van der Waals surface area contributed by atoms with Gasteiger partial charge in [-0.15, -0.1) is 0 Å². The number of carbonyl (C=O) groups excluding carboxylic acids is 1. The molecule has 0 bridgehead atoms. The van der Waals surface area contributed by atoms with Crippen molar-refractivity contribution in [1.82, 2.24) is 9.78 Å². The van der Waals surface area contributed by atoms with Crippen LogP contribution < -0.4 is 10.1 Å². The van der Waals surface area contributed by atoms with Gasteiger partial charge in [-0.2, -0.15) is 5.10 Å². The van der Waals surface area contributed by atoms with E-state index in [-0.39, 0.29) is 22.8 Å². The zero-order valence-electron chi connectivity index (χ0n) is 13.5. The third kappa shape index (κ3) is 3.68. The van der Waals surface area contributed by atoms with Gasteiger partial charge in [0.05, 0.1) is 35.7 Å². The molecule has 7 heteroatoms. The predicted octanol–water partition coefficient (Wildman–Crippen LogP) is 2.60. The number of aromatic nitrogens is 2. The first-order chi connectivity index (χ1) is 10.7. The van der Waals surface area contributed by atoms with Crippen molar-refractivity contribution in [3.63, 3.8) is 0 Å². The SMILES string of the molecule is COc1cc(C(=O)O)ccc1NC(=O)c1cnn(C(C)(C)C)c1. The smallest absolute Gasteiger partial charge is 0.335 e. The molecule has 23 heavy (non-hydrogen) atoms. The van der Waals surface area contributed by atoms with E-state index < -0.39 is 5.97 Å². The summed E-state index contributed by atoms with van der Waals surface area (Å²) in [4.78, 5) is 23.3. The van der Waals surface area contributed by atoms with Crippen LogP contribution in [0.1, 0.15) is 41.5 Å². The molecule has 2 aromatic rings. The zero-order valence-corrected chi connectivity index (χ0v) is 13.5. The molecule has 0 saturated heterocycles. The van der Waals surface area contributed by atoms with Gasteiger partial charge in [0.1, 0.15) is 5.75 Å². The molecule has 1 aromatic heterocycles. The Morgan fingerprint density at radius 3 is 2.48 bits per heavy atom. The van der Waals surface area contributed by atoms with E-state index in [0.29, 0.717) is 11.3 Å². The normalized spacial score (nSPS) is 11.1. The summed E-state index contributed by atoms with van der Waals surface area (Å²) in [6.45, 7) is 5.94. The Morgan fingerprint density at radius 2 is 1.96 bits per heavy atom. The molecule has 1 amide bonds. The number of carbonyl (C=O) groups is 2. The van der Waals surface area contributed by atoms with E-state index in [1.54, 1.807) is 10.9 Å². The molecule has 0 aliphatic heterocycles. The largest absolute Gasteiger partial charge is 0.495 e. The second-order valence-corrected chi connectivity index (χ2v) is 6.02. The first kappa shape index (κ1) is 16.5. The van der Waals surface area contributed by atoms with Gasteiger partial charge in [-0.1, -0.05) is 0 Å². The average molecular weight is 317 g/mol. The Balaban J connectivity index is 2.23. The van der Waals surface area contributed by atoms with Crippen LogP contribution in [0.4, 0.5) is 5.69 Å². The van der Waals surface area contributed by atoms with E-state index in [1.807, 2.05) is 20.8 Å². The third-order valence-electron chi connectivity index (χ3n) is 3.23. The summed E-state index contributed by atoms with van der Waals surface area (Å²) in [5.41, 5.74) is 0.662. The number of rotatable bonds is 4.